The second-order valence-corrected chi connectivity index (χ2v) is 9.32. The van der Waals surface area contributed by atoms with Crippen molar-refractivity contribution in [2.45, 2.75) is 38.6 Å². The van der Waals surface area contributed by atoms with E-state index in [1.807, 2.05) is 61.5 Å². The standard InChI is InChI=1S/C28H32ClN3O2/c1-20-10-11-25(28(33)30-15-12-22-7-3-4-9-26(22)34-2)27(31-20)23-13-16-32(17-14-23)19-21-6-5-8-24(29)18-21/h3-11,18,23H,12-17,19H2,1-2H3,(H,30,33). The highest BCUT2D eigenvalue weighted by Crippen LogP contribution is 2.30. The molecule has 6 heteroatoms. The summed E-state index contributed by atoms with van der Waals surface area (Å²) in [6.07, 6.45) is 2.68. The summed E-state index contributed by atoms with van der Waals surface area (Å²) in [4.78, 5) is 20.4. The first-order valence-electron chi connectivity index (χ1n) is 11.9. The van der Waals surface area contributed by atoms with Crippen LogP contribution < -0.4 is 10.1 Å². The second kappa shape index (κ2) is 11.5. The Morgan fingerprint density at radius 3 is 2.68 bits per heavy atom. The summed E-state index contributed by atoms with van der Waals surface area (Å²) in [5.74, 6) is 1.07. The van der Waals surface area contributed by atoms with Gasteiger partial charge in [0.1, 0.15) is 5.75 Å². The van der Waals surface area contributed by atoms with E-state index in [9.17, 15) is 4.79 Å². The van der Waals surface area contributed by atoms with Gasteiger partial charge in [0, 0.05) is 29.7 Å². The first kappa shape index (κ1) is 24.2. The summed E-state index contributed by atoms with van der Waals surface area (Å²) in [6.45, 7) is 5.37. The van der Waals surface area contributed by atoms with Crippen LogP contribution >= 0.6 is 11.6 Å². The summed E-state index contributed by atoms with van der Waals surface area (Å²) in [6, 6.07) is 19.8. The number of rotatable bonds is 8. The maximum atomic E-state index is 13.1. The molecule has 1 amide bonds. The van der Waals surface area contributed by atoms with Crippen LogP contribution in [0.4, 0.5) is 0 Å². The Balaban J connectivity index is 1.37. The third-order valence-electron chi connectivity index (χ3n) is 6.45. The van der Waals surface area contributed by atoms with E-state index in [-0.39, 0.29) is 11.8 Å². The molecule has 1 fully saturated rings. The first-order valence-corrected chi connectivity index (χ1v) is 12.3. The summed E-state index contributed by atoms with van der Waals surface area (Å²) < 4.78 is 5.42. The molecule has 4 rings (SSSR count). The van der Waals surface area contributed by atoms with Crippen molar-refractivity contribution in [1.29, 1.82) is 0 Å². The van der Waals surface area contributed by atoms with E-state index < -0.39 is 0 Å². The number of benzene rings is 2. The molecule has 5 nitrogen and oxygen atoms in total. The van der Waals surface area contributed by atoms with Crippen molar-refractivity contribution in [2.24, 2.45) is 0 Å². The molecule has 1 N–H and O–H groups in total. The maximum Gasteiger partial charge on any atom is 0.253 e. The number of aryl methyl sites for hydroxylation is 1. The summed E-state index contributed by atoms with van der Waals surface area (Å²) >= 11 is 6.14. The van der Waals surface area contributed by atoms with Crippen molar-refractivity contribution in [1.82, 2.24) is 15.2 Å². The van der Waals surface area contributed by atoms with Crippen LogP contribution in [0.1, 0.15) is 51.6 Å². The molecule has 0 bridgehead atoms. The number of halogens is 1. The predicted octanol–water partition coefficient (Wildman–Crippen LogP) is 5.40. The fourth-order valence-corrected chi connectivity index (χ4v) is 4.87. The minimum absolute atomic E-state index is 0.0567. The average molecular weight is 478 g/mol. The minimum Gasteiger partial charge on any atom is -0.496 e. The molecular formula is C28H32ClN3O2. The smallest absolute Gasteiger partial charge is 0.253 e. The normalized spacial score (nSPS) is 14.7. The highest BCUT2D eigenvalue weighted by Gasteiger charge is 2.26. The van der Waals surface area contributed by atoms with E-state index in [1.54, 1.807) is 7.11 Å². The average Bonchev–Trinajstić information content (AvgIpc) is 2.85. The number of likely N-dealkylation sites (tertiary alicyclic amines) is 1. The Morgan fingerprint density at radius 1 is 1.12 bits per heavy atom. The number of amides is 1. The summed E-state index contributed by atoms with van der Waals surface area (Å²) in [5, 5.41) is 3.86. The van der Waals surface area contributed by atoms with E-state index in [1.165, 1.54) is 5.56 Å². The number of pyridine rings is 1. The third-order valence-corrected chi connectivity index (χ3v) is 6.69. The minimum atomic E-state index is -0.0567. The van der Waals surface area contributed by atoms with Gasteiger partial charge in [-0.05, 0) is 80.7 Å². The Hall–Kier alpha value is -2.89. The lowest BCUT2D eigenvalue weighted by Gasteiger charge is -2.32. The quantitative estimate of drug-likeness (QED) is 0.471. The number of para-hydroxylation sites is 1. The van der Waals surface area contributed by atoms with Gasteiger partial charge in [-0.15, -0.1) is 0 Å². The van der Waals surface area contributed by atoms with Crippen molar-refractivity contribution in [2.75, 3.05) is 26.7 Å². The summed E-state index contributed by atoms with van der Waals surface area (Å²) in [5.41, 5.74) is 4.88. The number of nitrogens with zero attached hydrogens (tertiary/aromatic N) is 2. The number of hydrogen-bond donors (Lipinski definition) is 1. The van der Waals surface area contributed by atoms with Gasteiger partial charge in [0.2, 0.25) is 0 Å². The van der Waals surface area contributed by atoms with Crippen molar-refractivity contribution < 1.29 is 9.53 Å². The van der Waals surface area contributed by atoms with Crippen LogP contribution in [0.15, 0.2) is 60.7 Å². The molecule has 0 atom stereocenters. The first-order chi connectivity index (χ1) is 16.5. The van der Waals surface area contributed by atoms with Crippen LogP contribution in [0.3, 0.4) is 0 Å². The number of nitrogens with one attached hydrogen (secondary N) is 1. The molecule has 178 valence electrons. The van der Waals surface area contributed by atoms with Crippen LogP contribution in [0.25, 0.3) is 0 Å². The van der Waals surface area contributed by atoms with Crippen LogP contribution in [0.5, 0.6) is 5.75 Å². The molecule has 1 aliphatic rings. The molecule has 34 heavy (non-hydrogen) atoms. The predicted molar refractivity (Wildman–Crippen MR) is 137 cm³/mol. The zero-order valence-electron chi connectivity index (χ0n) is 19.9. The third kappa shape index (κ3) is 6.16. The molecule has 2 heterocycles. The number of ether oxygens (including phenoxy) is 1. The van der Waals surface area contributed by atoms with E-state index in [2.05, 4.69) is 16.3 Å². The largest absolute Gasteiger partial charge is 0.496 e. The fraction of sp³-hybridized carbons (Fsp3) is 0.357. The zero-order valence-corrected chi connectivity index (χ0v) is 20.6. The highest BCUT2D eigenvalue weighted by atomic mass is 35.5. The Kier molecular flexibility index (Phi) is 8.20. The van der Waals surface area contributed by atoms with E-state index >= 15 is 0 Å². The van der Waals surface area contributed by atoms with Crippen LogP contribution in [0, 0.1) is 6.92 Å². The van der Waals surface area contributed by atoms with Crippen molar-refractivity contribution in [3.05, 3.63) is 93.8 Å². The van der Waals surface area contributed by atoms with Crippen LogP contribution in [-0.4, -0.2) is 42.5 Å². The van der Waals surface area contributed by atoms with Gasteiger partial charge in [0.15, 0.2) is 0 Å². The molecule has 1 saturated heterocycles. The molecule has 0 radical (unpaired) electrons. The molecule has 1 aliphatic heterocycles. The molecule has 3 aromatic rings. The summed E-state index contributed by atoms with van der Waals surface area (Å²) in [7, 11) is 1.67. The van der Waals surface area contributed by atoms with Crippen LogP contribution in [-0.2, 0) is 13.0 Å². The lowest BCUT2D eigenvalue weighted by molar-refractivity contribution is 0.0951. The zero-order chi connectivity index (χ0) is 23.9. The topological polar surface area (TPSA) is 54.5 Å². The van der Waals surface area contributed by atoms with Gasteiger partial charge in [-0.2, -0.15) is 0 Å². The van der Waals surface area contributed by atoms with Gasteiger partial charge in [-0.25, -0.2) is 0 Å². The van der Waals surface area contributed by atoms with Gasteiger partial charge < -0.3 is 10.1 Å². The molecule has 2 aromatic carbocycles. The van der Waals surface area contributed by atoms with Gasteiger partial charge in [0.25, 0.3) is 5.91 Å². The molecule has 1 aromatic heterocycles. The van der Waals surface area contributed by atoms with Crippen molar-refractivity contribution in [3.8, 4) is 5.75 Å². The number of carbonyl (C=O) groups is 1. The SMILES string of the molecule is COc1ccccc1CCNC(=O)c1ccc(C)nc1C1CCN(Cc2cccc(Cl)c2)CC1. The Morgan fingerprint density at radius 2 is 1.91 bits per heavy atom. The molecule has 0 saturated carbocycles. The lowest BCUT2D eigenvalue weighted by Crippen LogP contribution is -2.34. The van der Waals surface area contributed by atoms with Crippen molar-refractivity contribution in [3.63, 3.8) is 0 Å². The molecule has 0 aliphatic carbocycles. The number of methoxy groups -OCH3 is 1. The highest BCUT2D eigenvalue weighted by molar-refractivity contribution is 6.30. The van der Waals surface area contributed by atoms with Crippen molar-refractivity contribution >= 4 is 17.5 Å². The monoisotopic (exact) mass is 477 g/mol. The second-order valence-electron chi connectivity index (χ2n) is 8.88. The van der Waals surface area contributed by atoms with E-state index in [4.69, 9.17) is 21.3 Å². The van der Waals surface area contributed by atoms with Gasteiger partial charge in [0.05, 0.1) is 18.4 Å². The van der Waals surface area contributed by atoms with E-state index in [0.29, 0.717) is 18.5 Å². The lowest BCUT2D eigenvalue weighted by atomic mass is 9.89. The Labute approximate surface area is 207 Å². The van der Waals surface area contributed by atoms with E-state index in [0.717, 1.165) is 60.2 Å². The van der Waals surface area contributed by atoms with Gasteiger partial charge >= 0.3 is 0 Å². The maximum absolute atomic E-state index is 13.1. The number of hydrogen-bond acceptors (Lipinski definition) is 4. The van der Waals surface area contributed by atoms with Gasteiger partial charge in [-0.3, -0.25) is 14.7 Å². The number of carbonyl (C=O) groups excluding carboxylic acids is 1. The molecular weight excluding hydrogens is 446 g/mol. The Bertz CT molecular complexity index is 1130. The molecule has 0 spiro atoms. The number of aromatic nitrogens is 1. The van der Waals surface area contributed by atoms with Crippen LogP contribution in [0.2, 0.25) is 5.02 Å². The van der Waals surface area contributed by atoms with Gasteiger partial charge in [-0.1, -0.05) is 41.9 Å². The molecule has 0 unspecified atom stereocenters. The number of piperidine rings is 1. The fourth-order valence-electron chi connectivity index (χ4n) is 4.65.